The molecule has 2 aromatic carbocycles. The van der Waals surface area contributed by atoms with Gasteiger partial charge in [0.25, 0.3) is 0 Å². The third kappa shape index (κ3) is 2.13. The van der Waals surface area contributed by atoms with Gasteiger partial charge < -0.3 is 0 Å². The maximum atomic E-state index is 12.6. The molecule has 0 unspecified atom stereocenters. The van der Waals surface area contributed by atoms with Gasteiger partial charge in [0.05, 0.1) is 0 Å². The summed E-state index contributed by atoms with van der Waals surface area (Å²) in [6, 6.07) is 14.0. The summed E-state index contributed by atoms with van der Waals surface area (Å²) in [5.74, 6) is 0. The molecule has 0 heterocycles. The zero-order chi connectivity index (χ0) is 11.5. The summed E-state index contributed by atoms with van der Waals surface area (Å²) in [7, 11) is 0. The predicted molar refractivity (Wildman–Crippen MR) is 66.2 cm³/mol. The van der Waals surface area contributed by atoms with Crippen molar-refractivity contribution in [3.8, 4) is 11.1 Å². The maximum Gasteiger partial charge on any atom is 0.115 e. The molecule has 82 valence electrons. The number of hydrogen-bond acceptors (Lipinski definition) is 0. The van der Waals surface area contributed by atoms with E-state index in [1.54, 1.807) is 0 Å². The summed E-state index contributed by atoms with van der Waals surface area (Å²) < 4.78 is 12.6. The average molecular weight is 214 g/mol. The van der Waals surface area contributed by atoms with E-state index in [1.165, 1.54) is 16.7 Å². The Morgan fingerprint density at radius 1 is 1.00 bits per heavy atom. The fourth-order valence-electron chi connectivity index (χ4n) is 1.87. The molecule has 0 atom stereocenters. The van der Waals surface area contributed by atoms with Gasteiger partial charge >= 0.3 is 0 Å². The van der Waals surface area contributed by atoms with Gasteiger partial charge in [-0.25, -0.2) is 4.39 Å². The molecule has 2 rings (SSSR count). The van der Waals surface area contributed by atoms with Gasteiger partial charge in [0.2, 0.25) is 0 Å². The second kappa shape index (κ2) is 4.48. The summed E-state index contributed by atoms with van der Waals surface area (Å²) in [5.41, 5.74) is 5.47. The Bertz CT molecular complexity index is 501. The molecule has 1 heteroatoms. The lowest BCUT2D eigenvalue weighted by atomic mass is 9.97. The lowest BCUT2D eigenvalue weighted by Crippen LogP contribution is -1.86. The number of hydrogen-bond donors (Lipinski definition) is 0. The van der Waals surface area contributed by atoms with Crippen LogP contribution in [0.2, 0.25) is 0 Å². The Balaban J connectivity index is 2.53. The van der Waals surface area contributed by atoms with Crippen LogP contribution < -0.4 is 0 Å². The van der Waals surface area contributed by atoms with Gasteiger partial charge in [0.15, 0.2) is 0 Å². The van der Waals surface area contributed by atoms with Crippen molar-refractivity contribution in [1.29, 1.82) is 0 Å². The third-order valence-corrected chi connectivity index (χ3v) is 2.79. The van der Waals surface area contributed by atoms with Crippen LogP contribution in [0.4, 0.5) is 4.39 Å². The van der Waals surface area contributed by atoms with Crippen LogP contribution in [-0.4, -0.2) is 0 Å². The van der Waals surface area contributed by atoms with Crippen molar-refractivity contribution in [2.24, 2.45) is 0 Å². The largest absolute Gasteiger partial charge is 0.246 e. The van der Waals surface area contributed by atoms with Crippen molar-refractivity contribution < 1.29 is 4.39 Å². The van der Waals surface area contributed by atoms with Crippen LogP contribution in [0, 0.1) is 13.8 Å². The predicted octanol–water partition coefficient (Wildman–Crippen LogP) is 4.44. The van der Waals surface area contributed by atoms with E-state index in [1.807, 2.05) is 24.3 Å². The minimum atomic E-state index is -0.404. The SMILES string of the molecule is Cc1ccc(C)c(-c2cccc(CF)c2)c1. The lowest BCUT2D eigenvalue weighted by Gasteiger charge is -2.08. The van der Waals surface area contributed by atoms with Gasteiger partial charge in [-0.15, -0.1) is 0 Å². The zero-order valence-corrected chi connectivity index (χ0v) is 9.63. The normalized spacial score (nSPS) is 10.4. The summed E-state index contributed by atoms with van der Waals surface area (Å²) in [6.07, 6.45) is 0. The monoisotopic (exact) mass is 214 g/mol. The summed E-state index contributed by atoms with van der Waals surface area (Å²) in [4.78, 5) is 0. The molecule has 2 aromatic rings. The zero-order valence-electron chi connectivity index (χ0n) is 9.63. The number of aryl methyl sites for hydroxylation is 2. The molecule has 0 amide bonds. The van der Waals surface area contributed by atoms with E-state index in [9.17, 15) is 4.39 Å². The van der Waals surface area contributed by atoms with Crippen molar-refractivity contribution >= 4 is 0 Å². The highest BCUT2D eigenvalue weighted by Gasteiger charge is 2.03. The minimum Gasteiger partial charge on any atom is -0.246 e. The number of alkyl halides is 1. The first-order valence-corrected chi connectivity index (χ1v) is 5.43. The average Bonchev–Trinajstić information content (AvgIpc) is 2.32. The smallest absolute Gasteiger partial charge is 0.115 e. The quantitative estimate of drug-likeness (QED) is 0.693. The summed E-state index contributed by atoms with van der Waals surface area (Å²) in [6.45, 7) is 3.75. The van der Waals surface area contributed by atoms with E-state index in [4.69, 9.17) is 0 Å². The molecule has 0 bridgehead atoms. The van der Waals surface area contributed by atoms with Crippen molar-refractivity contribution in [2.75, 3.05) is 0 Å². The first kappa shape index (κ1) is 10.9. The molecule has 0 saturated carbocycles. The van der Waals surface area contributed by atoms with E-state index in [-0.39, 0.29) is 0 Å². The van der Waals surface area contributed by atoms with Crippen LogP contribution in [0.15, 0.2) is 42.5 Å². The number of rotatable bonds is 2. The van der Waals surface area contributed by atoms with Gasteiger partial charge in [-0.2, -0.15) is 0 Å². The maximum absolute atomic E-state index is 12.6. The second-order valence-electron chi connectivity index (χ2n) is 4.15. The molecule has 0 aliphatic heterocycles. The second-order valence-corrected chi connectivity index (χ2v) is 4.15. The van der Waals surface area contributed by atoms with Crippen LogP contribution in [-0.2, 0) is 6.67 Å². The fraction of sp³-hybridized carbons (Fsp3) is 0.200. The van der Waals surface area contributed by atoms with Crippen LogP contribution in [0.5, 0.6) is 0 Å². The molecule has 0 spiro atoms. The van der Waals surface area contributed by atoms with E-state index in [0.717, 1.165) is 11.1 Å². The van der Waals surface area contributed by atoms with Crippen molar-refractivity contribution in [1.82, 2.24) is 0 Å². The van der Waals surface area contributed by atoms with E-state index in [2.05, 4.69) is 32.0 Å². The molecule has 0 aromatic heterocycles. The first-order valence-electron chi connectivity index (χ1n) is 5.43. The van der Waals surface area contributed by atoms with E-state index in [0.29, 0.717) is 0 Å². The van der Waals surface area contributed by atoms with Crippen molar-refractivity contribution in [3.05, 3.63) is 59.2 Å². The van der Waals surface area contributed by atoms with Crippen molar-refractivity contribution in [2.45, 2.75) is 20.5 Å². The van der Waals surface area contributed by atoms with Gasteiger partial charge in [-0.05, 0) is 42.2 Å². The molecule has 0 radical (unpaired) electrons. The Morgan fingerprint density at radius 2 is 1.81 bits per heavy atom. The van der Waals surface area contributed by atoms with Crippen LogP contribution >= 0.6 is 0 Å². The Morgan fingerprint density at radius 3 is 2.56 bits per heavy atom. The molecule has 0 aliphatic carbocycles. The van der Waals surface area contributed by atoms with Gasteiger partial charge in [-0.3, -0.25) is 0 Å². The van der Waals surface area contributed by atoms with Gasteiger partial charge in [0, 0.05) is 0 Å². The van der Waals surface area contributed by atoms with E-state index >= 15 is 0 Å². The molecule has 0 nitrogen and oxygen atoms in total. The molecule has 0 saturated heterocycles. The highest BCUT2D eigenvalue weighted by molar-refractivity contribution is 5.68. The Hall–Kier alpha value is -1.63. The molecule has 0 fully saturated rings. The highest BCUT2D eigenvalue weighted by Crippen LogP contribution is 2.25. The lowest BCUT2D eigenvalue weighted by molar-refractivity contribution is 0.485. The van der Waals surface area contributed by atoms with Crippen LogP contribution in [0.25, 0.3) is 11.1 Å². The van der Waals surface area contributed by atoms with Gasteiger partial charge in [-0.1, -0.05) is 42.0 Å². The minimum absolute atomic E-state index is 0.404. The molecule has 0 N–H and O–H groups in total. The number of benzene rings is 2. The summed E-state index contributed by atoms with van der Waals surface area (Å²) in [5, 5.41) is 0. The summed E-state index contributed by atoms with van der Waals surface area (Å²) >= 11 is 0. The topological polar surface area (TPSA) is 0 Å². The van der Waals surface area contributed by atoms with E-state index < -0.39 is 6.67 Å². The molecule has 16 heavy (non-hydrogen) atoms. The third-order valence-electron chi connectivity index (χ3n) is 2.79. The molecular weight excluding hydrogens is 199 g/mol. The first-order chi connectivity index (χ1) is 7.70. The Labute approximate surface area is 95.7 Å². The highest BCUT2D eigenvalue weighted by atomic mass is 19.1. The van der Waals surface area contributed by atoms with Crippen LogP contribution in [0.3, 0.4) is 0 Å². The van der Waals surface area contributed by atoms with Crippen molar-refractivity contribution in [3.63, 3.8) is 0 Å². The molecule has 0 aliphatic rings. The number of halogens is 1. The fourth-order valence-corrected chi connectivity index (χ4v) is 1.87. The Kier molecular flexibility index (Phi) is 3.04. The van der Waals surface area contributed by atoms with Gasteiger partial charge in [0.1, 0.15) is 6.67 Å². The molecular formula is C15H15F. The standard InChI is InChI=1S/C15H15F/c1-11-6-7-12(2)15(8-11)14-5-3-4-13(9-14)10-16/h3-9H,10H2,1-2H3. The van der Waals surface area contributed by atoms with Crippen LogP contribution in [0.1, 0.15) is 16.7 Å².